The third-order valence-corrected chi connectivity index (χ3v) is 6.95. The van der Waals surface area contributed by atoms with Crippen LogP contribution in [0.3, 0.4) is 0 Å². The van der Waals surface area contributed by atoms with Crippen molar-refractivity contribution in [2.24, 2.45) is 27.7 Å². The average Bonchev–Trinajstić information content (AvgIpc) is 3.04. The molecule has 3 rings (SSSR count). The Hall–Kier alpha value is -0.512. The van der Waals surface area contributed by atoms with E-state index < -0.39 is 21.9 Å². The van der Waals surface area contributed by atoms with Crippen molar-refractivity contribution >= 4 is 42.0 Å². The van der Waals surface area contributed by atoms with Gasteiger partial charge in [0.15, 0.2) is 0 Å². The number of alkyl halides is 2. The maximum Gasteiger partial charge on any atom is -0.693 e. The Morgan fingerprint density at radius 3 is 1.12 bits per heavy atom. The molecule has 3 fully saturated rings. The molecule has 3 aliphatic heterocycles. The standard InChI is InChI=1S/C7H16N2O.C7H8N2O.C7H14O.C4H8Cl2O.C3H2N2.4CH4.2ClH.2H2N.Pt/c2*8-5-7(6-9)1-3-10-4-2-7;1-7(2)3-5-8-6-4-7;5-1-3-7-4-2-6;4-2-1-3-5;;;;;;;;;/h1-6,8-9H2;1-4H2;3-6H2,1-2H3;1-4H2;1H2;4*1H4;2*1H;2*1H2;/q;;;;;;;;;;;2*-1;+4/p-2. The maximum absolute atomic E-state index is 8.61. The van der Waals surface area contributed by atoms with Gasteiger partial charge in [-0.3, -0.25) is 0 Å². The minimum Gasteiger partial charge on any atom is -0.693 e. The molecule has 8 N–H and O–H groups in total. The van der Waals surface area contributed by atoms with Crippen LogP contribution in [-0.4, -0.2) is 77.7 Å². The largest absolute Gasteiger partial charge is 0.693 e. The number of nitrogens with zero attached hydrogens (tertiary/aromatic N) is 4. The van der Waals surface area contributed by atoms with Crippen molar-refractivity contribution in [1.29, 1.82) is 21.0 Å². The molecule has 0 spiro atoms. The first-order valence-corrected chi connectivity index (χ1v) is 20.5. The first-order chi connectivity index (χ1) is 20.6. The molecule has 0 saturated carbocycles. The molecule has 17 heteroatoms. The molecule has 3 heterocycles. The van der Waals surface area contributed by atoms with Gasteiger partial charge in [0.05, 0.1) is 37.5 Å². The monoisotopic (exact) mass is 963 g/mol. The van der Waals surface area contributed by atoms with Gasteiger partial charge in [0, 0.05) is 64.2 Å². The van der Waals surface area contributed by atoms with Crippen LogP contribution in [0.4, 0.5) is 0 Å². The summed E-state index contributed by atoms with van der Waals surface area (Å²) in [5, 5.41) is 32.4. The Labute approximate surface area is 327 Å². The summed E-state index contributed by atoms with van der Waals surface area (Å²) < 4.78 is 20.3. The molecule has 12 nitrogen and oxygen atoms in total. The van der Waals surface area contributed by atoms with E-state index >= 15 is 0 Å². The van der Waals surface area contributed by atoms with Crippen molar-refractivity contribution in [3.8, 4) is 24.3 Å². The van der Waals surface area contributed by atoms with E-state index in [1.165, 1.54) is 12.8 Å². The minimum atomic E-state index is -0.752. The summed E-state index contributed by atoms with van der Waals surface area (Å²) in [7, 11) is 9.75. The minimum absolute atomic E-state index is 0. The van der Waals surface area contributed by atoms with E-state index in [9.17, 15) is 0 Å². The summed E-state index contributed by atoms with van der Waals surface area (Å²) in [5.74, 6) is 1.10. The smallest absolute Gasteiger partial charge is 0.693 e. The van der Waals surface area contributed by atoms with E-state index in [-0.39, 0.29) is 53.8 Å². The summed E-state index contributed by atoms with van der Waals surface area (Å²) in [4.78, 5) is 0. The predicted molar refractivity (Wildman–Crippen MR) is 205 cm³/mol. The van der Waals surface area contributed by atoms with Gasteiger partial charge >= 0.3 is 35.3 Å². The molecule has 298 valence electrons. The van der Waals surface area contributed by atoms with E-state index in [1.807, 2.05) is 12.1 Å². The van der Waals surface area contributed by atoms with Gasteiger partial charge in [-0.05, 0) is 49.6 Å². The van der Waals surface area contributed by atoms with Crippen LogP contribution >= 0.6 is 42.0 Å². The topological polar surface area (TPSA) is 251 Å². The fraction of sp³-hybridized carbons (Fsp3) is 0.875. The van der Waals surface area contributed by atoms with Crippen LogP contribution in [0.2, 0.25) is 0 Å². The van der Waals surface area contributed by atoms with E-state index in [2.05, 4.69) is 13.8 Å². The number of nitrogens with two attached hydrogens (primary N) is 4. The van der Waals surface area contributed by atoms with Gasteiger partial charge < -0.3 is 42.7 Å². The maximum atomic E-state index is 8.61. The number of hydrogen-bond donors (Lipinski definition) is 2. The summed E-state index contributed by atoms with van der Waals surface area (Å²) in [5.41, 5.74) is 11.2. The summed E-state index contributed by atoms with van der Waals surface area (Å²) in [6.07, 6.45) is 5.62. The van der Waals surface area contributed by atoms with Gasteiger partial charge in [-0.2, -0.15) is 21.0 Å². The van der Waals surface area contributed by atoms with Crippen LogP contribution in [0.25, 0.3) is 12.3 Å². The fourth-order valence-corrected chi connectivity index (χ4v) is 3.65. The third kappa shape index (κ3) is 43.6. The summed E-state index contributed by atoms with van der Waals surface area (Å²) >= 11 is 10.1. The quantitative estimate of drug-likeness (QED) is 0.188. The van der Waals surface area contributed by atoms with Crippen LogP contribution in [0.5, 0.6) is 0 Å². The van der Waals surface area contributed by atoms with Gasteiger partial charge in [0.1, 0.15) is 11.8 Å². The molecule has 49 heavy (non-hydrogen) atoms. The van der Waals surface area contributed by atoms with Crippen molar-refractivity contribution in [1.82, 2.24) is 0 Å². The molecular formula is C32H68Cl4N8O4Pt. The Morgan fingerprint density at radius 1 is 0.653 bits per heavy atom. The molecule has 3 saturated heterocycles. The average molecular weight is 966 g/mol. The number of nitriles is 4. The third-order valence-electron chi connectivity index (χ3n) is 6.64. The molecular weight excluding hydrogens is 897 g/mol. The fourth-order valence-electron chi connectivity index (χ4n) is 3.43. The first kappa shape index (κ1) is 70.1. The Balaban J connectivity index is -0.0000000563. The molecule has 0 amide bonds. The molecule has 0 unspecified atom stereocenters. The second-order valence-corrected chi connectivity index (χ2v) is 14.3. The number of halogens is 4. The second-order valence-electron chi connectivity index (χ2n) is 10.2. The number of ether oxygens (including phenoxy) is 4. The molecule has 0 aliphatic carbocycles. The first-order valence-electron chi connectivity index (χ1n) is 13.8. The number of hydrogen-bond acceptors (Lipinski definition) is 10. The molecule has 0 aromatic carbocycles. The Morgan fingerprint density at radius 2 is 0.959 bits per heavy atom. The van der Waals surface area contributed by atoms with Crippen molar-refractivity contribution < 1.29 is 35.4 Å². The van der Waals surface area contributed by atoms with Gasteiger partial charge in [-0.1, -0.05) is 43.6 Å². The predicted octanol–water partition coefficient (Wildman–Crippen LogP) is 9.61. The summed E-state index contributed by atoms with van der Waals surface area (Å²) in [6, 6.07) is 7.36. The van der Waals surface area contributed by atoms with Crippen LogP contribution in [0.15, 0.2) is 0 Å². The van der Waals surface area contributed by atoms with Gasteiger partial charge in [-0.15, -0.1) is 23.2 Å². The molecule has 0 aromatic heterocycles. The normalized spacial score (nSPS) is 16.4. The van der Waals surface area contributed by atoms with Crippen LogP contribution < -0.4 is 11.5 Å². The van der Waals surface area contributed by atoms with E-state index in [0.717, 1.165) is 39.3 Å². The Kier molecular flexibility index (Phi) is 71.0. The molecule has 0 atom stereocenters. The van der Waals surface area contributed by atoms with Gasteiger partial charge in [0.25, 0.3) is 0 Å². The van der Waals surface area contributed by atoms with Crippen LogP contribution in [-0.2, 0) is 35.4 Å². The van der Waals surface area contributed by atoms with Crippen LogP contribution in [0, 0.1) is 61.6 Å². The van der Waals surface area contributed by atoms with Crippen molar-refractivity contribution in [2.75, 3.05) is 77.7 Å². The zero-order valence-electron chi connectivity index (χ0n) is 26.5. The van der Waals surface area contributed by atoms with E-state index in [0.29, 0.717) is 69.5 Å². The van der Waals surface area contributed by atoms with Crippen molar-refractivity contribution in [3.63, 3.8) is 0 Å². The Bertz CT molecular complexity index is 769. The SMILES string of the molecule is C.C.C.C.CC1(C)CCOCC1.ClCCOCCCl.N#CC1(C#N)CCOCC1.N#CCC#N.NCC1(CN)CCOCC1.[Cl][Pt+2][Cl].[NH2-].[NH2-]. The zero-order valence-corrected chi connectivity index (χ0v) is 31.8. The number of rotatable bonds is 6. The van der Waals surface area contributed by atoms with Gasteiger partial charge in [-0.25, -0.2) is 0 Å². The molecule has 0 radical (unpaired) electrons. The van der Waals surface area contributed by atoms with Gasteiger partial charge in [0.2, 0.25) is 0 Å². The zero-order chi connectivity index (χ0) is 33.3. The van der Waals surface area contributed by atoms with Crippen molar-refractivity contribution in [2.45, 2.75) is 88.5 Å². The molecule has 0 bridgehead atoms. The summed E-state index contributed by atoms with van der Waals surface area (Å²) in [6.45, 7) is 11.9. The van der Waals surface area contributed by atoms with Crippen molar-refractivity contribution in [3.05, 3.63) is 12.3 Å². The molecule has 0 aromatic rings. The second kappa shape index (κ2) is 49.6. The van der Waals surface area contributed by atoms with Crippen LogP contribution in [0.1, 0.15) is 88.5 Å². The molecule has 3 aliphatic rings. The van der Waals surface area contributed by atoms with E-state index in [1.54, 1.807) is 12.1 Å². The van der Waals surface area contributed by atoms with E-state index in [4.69, 9.17) is 93.5 Å².